The van der Waals surface area contributed by atoms with E-state index >= 15 is 0 Å². The van der Waals surface area contributed by atoms with Gasteiger partial charge in [-0.15, -0.1) is 0 Å². The summed E-state index contributed by atoms with van der Waals surface area (Å²) in [5.41, 5.74) is 0.425. The lowest BCUT2D eigenvalue weighted by molar-refractivity contribution is -0.124. The number of carbonyl (C=O) groups excluding carboxylic acids is 1. The molecule has 1 N–H and O–H groups in total. The van der Waals surface area contributed by atoms with Crippen LogP contribution in [0.25, 0.3) is 0 Å². The Bertz CT molecular complexity index is 573. The minimum Gasteiger partial charge on any atom is -0.350 e. The molecule has 1 aromatic carbocycles. The molecule has 5 nitrogen and oxygen atoms in total. The van der Waals surface area contributed by atoms with Crippen molar-refractivity contribution in [1.29, 1.82) is 0 Å². The number of hydrogen-bond donors (Lipinski definition) is 1. The SMILES string of the molecule is C[C@H](C(=O)NCc1cc(Br)ccc1F)n1cncn1. The lowest BCUT2D eigenvalue weighted by Crippen LogP contribution is -2.31. The summed E-state index contributed by atoms with van der Waals surface area (Å²) < 4.78 is 15.7. The van der Waals surface area contributed by atoms with E-state index in [-0.39, 0.29) is 18.3 Å². The van der Waals surface area contributed by atoms with Gasteiger partial charge in [-0.25, -0.2) is 14.1 Å². The third-order valence-corrected chi connectivity index (χ3v) is 3.17. The predicted molar refractivity (Wildman–Crippen MR) is 70.7 cm³/mol. The first-order chi connectivity index (χ1) is 9.08. The summed E-state index contributed by atoms with van der Waals surface area (Å²) in [4.78, 5) is 15.7. The van der Waals surface area contributed by atoms with Crippen molar-refractivity contribution in [2.24, 2.45) is 0 Å². The lowest BCUT2D eigenvalue weighted by atomic mass is 10.2. The summed E-state index contributed by atoms with van der Waals surface area (Å²) in [5, 5.41) is 6.55. The molecule has 1 atom stereocenters. The van der Waals surface area contributed by atoms with Crippen molar-refractivity contribution in [3.8, 4) is 0 Å². The van der Waals surface area contributed by atoms with Crippen LogP contribution < -0.4 is 5.32 Å². The first-order valence-electron chi connectivity index (χ1n) is 5.63. The van der Waals surface area contributed by atoms with Gasteiger partial charge in [0.2, 0.25) is 5.91 Å². The number of nitrogens with zero attached hydrogens (tertiary/aromatic N) is 3. The number of benzene rings is 1. The van der Waals surface area contributed by atoms with Gasteiger partial charge in [-0.1, -0.05) is 15.9 Å². The summed E-state index contributed by atoms with van der Waals surface area (Å²) in [7, 11) is 0. The molecule has 2 rings (SSSR count). The van der Waals surface area contributed by atoms with Gasteiger partial charge >= 0.3 is 0 Å². The van der Waals surface area contributed by atoms with Crippen LogP contribution in [0.3, 0.4) is 0 Å². The monoisotopic (exact) mass is 326 g/mol. The molecule has 1 aromatic heterocycles. The maximum atomic E-state index is 13.5. The third-order valence-electron chi connectivity index (χ3n) is 2.67. The van der Waals surface area contributed by atoms with Crippen LogP contribution in [0.5, 0.6) is 0 Å². The van der Waals surface area contributed by atoms with Gasteiger partial charge in [-0.2, -0.15) is 5.10 Å². The Kier molecular flexibility index (Phi) is 4.26. The predicted octanol–water partition coefficient (Wildman–Crippen LogP) is 2.06. The number of aromatic nitrogens is 3. The molecule has 0 bridgehead atoms. The number of rotatable bonds is 4. The van der Waals surface area contributed by atoms with Crippen LogP contribution in [0.1, 0.15) is 18.5 Å². The molecule has 0 aliphatic rings. The van der Waals surface area contributed by atoms with Crippen LogP contribution in [0.2, 0.25) is 0 Å². The Morgan fingerprint density at radius 1 is 1.58 bits per heavy atom. The summed E-state index contributed by atoms with van der Waals surface area (Å²) in [6.07, 6.45) is 2.82. The highest BCUT2D eigenvalue weighted by Gasteiger charge is 2.15. The van der Waals surface area contributed by atoms with Gasteiger partial charge in [-0.05, 0) is 25.1 Å². The molecule has 19 heavy (non-hydrogen) atoms. The molecule has 0 aliphatic carbocycles. The zero-order chi connectivity index (χ0) is 13.8. The first kappa shape index (κ1) is 13.7. The van der Waals surface area contributed by atoms with Crippen molar-refractivity contribution in [2.75, 3.05) is 0 Å². The first-order valence-corrected chi connectivity index (χ1v) is 6.43. The zero-order valence-electron chi connectivity index (χ0n) is 10.2. The highest BCUT2D eigenvalue weighted by molar-refractivity contribution is 9.10. The van der Waals surface area contributed by atoms with Crippen molar-refractivity contribution in [2.45, 2.75) is 19.5 Å². The van der Waals surface area contributed by atoms with Gasteiger partial charge in [0.1, 0.15) is 24.5 Å². The standard InChI is InChI=1S/C12H12BrFN4O/c1-8(18-7-15-6-17-18)12(19)16-5-9-4-10(13)2-3-11(9)14/h2-4,6-8H,5H2,1H3,(H,16,19)/t8-/m1/s1. The number of carbonyl (C=O) groups is 1. The van der Waals surface area contributed by atoms with E-state index < -0.39 is 6.04 Å². The summed E-state index contributed by atoms with van der Waals surface area (Å²) in [5.74, 6) is -0.596. The normalized spacial score (nSPS) is 12.2. The molecule has 0 radical (unpaired) electrons. The Morgan fingerprint density at radius 2 is 2.37 bits per heavy atom. The van der Waals surface area contributed by atoms with E-state index in [2.05, 4.69) is 31.3 Å². The molecule has 0 spiro atoms. The molecule has 2 aromatic rings. The number of hydrogen-bond acceptors (Lipinski definition) is 3. The molecule has 0 saturated heterocycles. The minimum absolute atomic E-state index is 0.128. The molecule has 1 amide bonds. The van der Waals surface area contributed by atoms with Crippen molar-refractivity contribution < 1.29 is 9.18 Å². The summed E-state index contributed by atoms with van der Waals surface area (Å²) in [6.45, 7) is 1.82. The largest absolute Gasteiger partial charge is 0.350 e. The van der Waals surface area contributed by atoms with Gasteiger partial charge in [0.25, 0.3) is 0 Å². The number of halogens is 2. The van der Waals surface area contributed by atoms with Crippen molar-refractivity contribution in [1.82, 2.24) is 20.1 Å². The van der Waals surface area contributed by atoms with E-state index in [0.29, 0.717) is 5.56 Å². The van der Waals surface area contributed by atoms with Crippen molar-refractivity contribution in [3.05, 3.63) is 46.7 Å². The summed E-state index contributed by atoms with van der Waals surface area (Å²) >= 11 is 3.26. The number of amides is 1. The topological polar surface area (TPSA) is 59.8 Å². The van der Waals surface area contributed by atoms with Crippen LogP contribution in [0.15, 0.2) is 35.3 Å². The van der Waals surface area contributed by atoms with Gasteiger partial charge in [0.15, 0.2) is 0 Å². The van der Waals surface area contributed by atoms with E-state index in [1.807, 2.05) is 0 Å². The number of nitrogens with one attached hydrogen (secondary N) is 1. The zero-order valence-corrected chi connectivity index (χ0v) is 11.8. The van der Waals surface area contributed by atoms with Gasteiger partial charge in [0, 0.05) is 16.6 Å². The lowest BCUT2D eigenvalue weighted by Gasteiger charge is -2.12. The van der Waals surface area contributed by atoms with Crippen LogP contribution >= 0.6 is 15.9 Å². The average molecular weight is 327 g/mol. The Balaban J connectivity index is 1.99. The van der Waals surface area contributed by atoms with E-state index in [0.717, 1.165) is 4.47 Å². The molecule has 0 aliphatic heterocycles. The van der Waals surface area contributed by atoms with Crippen LogP contribution in [-0.4, -0.2) is 20.7 Å². The van der Waals surface area contributed by atoms with Crippen LogP contribution in [0.4, 0.5) is 4.39 Å². The highest BCUT2D eigenvalue weighted by atomic mass is 79.9. The van der Waals surface area contributed by atoms with Crippen molar-refractivity contribution in [3.63, 3.8) is 0 Å². The minimum atomic E-state index is -0.488. The second-order valence-electron chi connectivity index (χ2n) is 4.01. The molecule has 0 saturated carbocycles. The summed E-state index contributed by atoms with van der Waals surface area (Å²) in [6, 6.07) is 4.11. The van der Waals surface area contributed by atoms with Gasteiger partial charge in [-0.3, -0.25) is 4.79 Å². The molecule has 0 unspecified atom stereocenters. The Labute approximate surface area is 118 Å². The van der Waals surface area contributed by atoms with E-state index in [4.69, 9.17) is 0 Å². The van der Waals surface area contributed by atoms with E-state index in [9.17, 15) is 9.18 Å². The van der Waals surface area contributed by atoms with Gasteiger partial charge < -0.3 is 5.32 Å². The Morgan fingerprint density at radius 3 is 3.05 bits per heavy atom. The molecular formula is C12H12BrFN4O. The van der Waals surface area contributed by atoms with E-state index in [1.165, 1.54) is 23.4 Å². The highest BCUT2D eigenvalue weighted by Crippen LogP contribution is 2.15. The fraction of sp³-hybridized carbons (Fsp3) is 0.250. The smallest absolute Gasteiger partial charge is 0.244 e. The van der Waals surface area contributed by atoms with Crippen LogP contribution in [-0.2, 0) is 11.3 Å². The second kappa shape index (κ2) is 5.92. The van der Waals surface area contributed by atoms with Crippen molar-refractivity contribution >= 4 is 21.8 Å². The third kappa shape index (κ3) is 3.37. The fourth-order valence-electron chi connectivity index (χ4n) is 1.55. The maximum absolute atomic E-state index is 13.5. The molecule has 1 heterocycles. The molecule has 0 fully saturated rings. The van der Waals surface area contributed by atoms with E-state index in [1.54, 1.807) is 19.1 Å². The average Bonchev–Trinajstić information content (AvgIpc) is 2.92. The fourth-order valence-corrected chi connectivity index (χ4v) is 1.95. The quantitative estimate of drug-likeness (QED) is 0.935. The molecular weight excluding hydrogens is 315 g/mol. The molecule has 7 heteroatoms. The van der Waals surface area contributed by atoms with Crippen LogP contribution in [0, 0.1) is 5.82 Å². The maximum Gasteiger partial charge on any atom is 0.244 e. The molecule has 100 valence electrons. The second-order valence-corrected chi connectivity index (χ2v) is 4.92. The Hall–Kier alpha value is -1.76. The van der Waals surface area contributed by atoms with Gasteiger partial charge in [0.05, 0.1) is 0 Å².